The van der Waals surface area contributed by atoms with Crippen LogP contribution in [0, 0.1) is 0 Å². The van der Waals surface area contributed by atoms with Gasteiger partial charge in [-0.15, -0.1) is 0 Å². The van der Waals surface area contributed by atoms with Gasteiger partial charge < -0.3 is 24.5 Å². The molecule has 9 heteroatoms. The lowest BCUT2D eigenvalue weighted by Crippen LogP contribution is -2.44. The summed E-state index contributed by atoms with van der Waals surface area (Å²) in [5.41, 5.74) is 0.791. The molecule has 148 valence electrons. The third-order valence-corrected chi connectivity index (χ3v) is 3.62. The van der Waals surface area contributed by atoms with Crippen LogP contribution in [0.5, 0.6) is 0 Å². The normalized spacial score (nSPS) is 11.2. The molecule has 1 heterocycles. The second-order valence-corrected chi connectivity index (χ2v) is 5.65. The Morgan fingerprint density at radius 1 is 1.07 bits per heavy atom. The third-order valence-electron chi connectivity index (χ3n) is 3.62. The molecule has 0 unspecified atom stereocenters. The van der Waals surface area contributed by atoms with E-state index in [2.05, 4.69) is 15.4 Å². The molecule has 0 fully saturated rings. The fourth-order valence-corrected chi connectivity index (χ4v) is 2.21. The molecule has 2 N–H and O–H groups in total. The van der Waals surface area contributed by atoms with E-state index in [9.17, 15) is 19.2 Å². The molecule has 28 heavy (non-hydrogen) atoms. The first kappa shape index (κ1) is 20.7. The molecular formula is C19H20N2O7. The van der Waals surface area contributed by atoms with Crippen LogP contribution in [0.25, 0.3) is 0 Å². The first-order chi connectivity index (χ1) is 13.5. The summed E-state index contributed by atoms with van der Waals surface area (Å²) in [4.78, 5) is 47.3. The predicted molar refractivity (Wildman–Crippen MR) is 96.1 cm³/mol. The largest absolute Gasteiger partial charge is 0.468 e. The van der Waals surface area contributed by atoms with E-state index in [-0.39, 0.29) is 18.7 Å². The van der Waals surface area contributed by atoms with Crippen molar-refractivity contribution in [3.63, 3.8) is 0 Å². The van der Waals surface area contributed by atoms with Crippen LogP contribution < -0.4 is 10.6 Å². The van der Waals surface area contributed by atoms with E-state index in [1.807, 2.05) is 6.07 Å². The highest BCUT2D eigenvalue weighted by molar-refractivity contribution is 5.95. The molecule has 1 atom stereocenters. The molecule has 1 aromatic carbocycles. The first-order valence-electron chi connectivity index (χ1n) is 8.38. The van der Waals surface area contributed by atoms with E-state index in [1.165, 1.54) is 19.4 Å². The van der Waals surface area contributed by atoms with Crippen LogP contribution >= 0.6 is 0 Å². The summed E-state index contributed by atoms with van der Waals surface area (Å²) in [5, 5.41) is 4.79. The lowest BCUT2D eigenvalue weighted by molar-refractivity contribution is -0.150. The molecule has 2 rings (SSSR count). The summed E-state index contributed by atoms with van der Waals surface area (Å²) in [6, 6.07) is 11.0. The van der Waals surface area contributed by atoms with Gasteiger partial charge in [0.15, 0.2) is 12.4 Å². The van der Waals surface area contributed by atoms with Crippen molar-refractivity contribution in [3.8, 4) is 0 Å². The summed E-state index contributed by atoms with van der Waals surface area (Å²) in [6.45, 7) is -0.937. The number of esters is 2. The van der Waals surface area contributed by atoms with Crippen LogP contribution in [-0.2, 0) is 30.3 Å². The minimum Gasteiger partial charge on any atom is -0.468 e. The van der Waals surface area contributed by atoms with Crippen LogP contribution in [0.15, 0.2) is 53.1 Å². The number of methoxy groups -OCH3 is 1. The van der Waals surface area contributed by atoms with Crippen molar-refractivity contribution in [1.29, 1.82) is 0 Å². The van der Waals surface area contributed by atoms with Gasteiger partial charge in [-0.25, -0.2) is 4.79 Å². The average Bonchev–Trinajstić information content (AvgIpc) is 3.25. The first-order valence-corrected chi connectivity index (χ1v) is 8.38. The Labute approximate surface area is 161 Å². The lowest BCUT2D eigenvalue weighted by Gasteiger charge is -2.17. The second kappa shape index (κ2) is 10.5. The number of carbonyl (C=O) groups is 4. The maximum Gasteiger partial charge on any atom is 0.329 e. The van der Waals surface area contributed by atoms with E-state index in [1.54, 1.807) is 30.3 Å². The van der Waals surface area contributed by atoms with Crippen LogP contribution in [0.3, 0.4) is 0 Å². The van der Waals surface area contributed by atoms with Gasteiger partial charge >= 0.3 is 11.9 Å². The number of nitrogens with one attached hydrogen (secondary N) is 2. The number of benzene rings is 1. The van der Waals surface area contributed by atoms with Crippen molar-refractivity contribution in [2.45, 2.75) is 12.5 Å². The van der Waals surface area contributed by atoms with E-state index in [0.29, 0.717) is 0 Å². The molecular weight excluding hydrogens is 368 g/mol. The molecule has 0 bridgehead atoms. The Kier molecular flexibility index (Phi) is 7.77. The lowest BCUT2D eigenvalue weighted by atomic mass is 10.1. The minimum atomic E-state index is -1.03. The van der Waals surface area contributed by atoms with Crippen LogP contribution in [0.4, 0.5) is 0 Å². The molecule has 0 aliphatic heterocycles. The number of carbonyl (C=O) groups excluding carboxylic acids is 4. The topological polar surface area (TPSA) is 124 Å². The number of hydrogen-bond donors (Lipinski definition) is 2. The van der Waals surface area contributed by atoms with Crippen molar-refractivity contribution >= 4 is 23.8 Å². The third kappa shape index (κ3) is 6.60. The van der Waals surface area contributed by atoms with E-state index in [4.69, 9.17) is 9.15 Å². The zero-order chi connectivity index (χ0) is 20.4. The number of ether oxygens (including phenoxy) is 2. The van der Waals surface area contributed by atoms with Gasteiger partial charge in [0.25, 0.3) is 11.8 Å². The van der Waals surface area contributed by atoms with Crippen molar-refractivity contribution in [3.05, 3.63) is 60.1 Å². The zero-order valence-corrected chi connectivity index (χ0v) is 15.2. The van der Waals surface area contributed by atoms with Crippen molar-refractivity contribution in [2.24, 2.45) is 0 Å². The van der Waals surface area contributed by atoms with Gasteiger partial charge in [0.1, 0.15) is 12.6 Å². The maximum atomic E-state index is 12.4. The number of rotatable bonds is 9. The fourth-order valence-electron chi connectivity index (χ4n) is 2.21. The summed E-state index contributed by atoms with van der Waals surface area (Å²) in [5.74, 6) is -2.64. The van der Waals surface area contributed by atoms with Gasteiger partial charge in [0.05, 0.1) is 13.4 Å². The van der Waals surface area contributed by atoms with Crippen LogP contribution in [-0.4, -0.2) is 50.1 Å². The van der Waals surface area contributed by atoms with Crippen LogP contribution in [0.1, 0.15) is 16.1 Å². The monoisotopic (exact) mass is 388 g/mol. The molecule has 1 aromatic heterocycles. The highest BCUT2D eigenvalue weighted by Crippen LogP contribution is 2.07. The average molecular weight is 388 g/mol. The molecule has 0 aliphatic rings. The van der Waals surface area contributed by atoms with E-state index in [0.717, 1.165) is 5.56 Å². The Morgan fingerprint density at radius 3 is 2.46 bits per heavy atom. The Bertz CT molecular complexity index is 803. The van der Waals surface area contributed by atoms with Gasteiger partial charge in [-0.05, 0) is 17.7 Å². The van der Waals surface area contributed by atoms with Gasteiger partial charge in [-0.1, -0.05) is 30.3 Å². The van der Waals surface area contributed by atoms with E-state index >= 15 is 0 Å². The summed E-state index contributed by atoms with van der Waals surface area (Å²) in [6.07, 6.45) is 1.50. The summed E-state index contributed by atoms with van der Waals surface area (Å²) >= 11 is 0. The van der Waals surface area contributed by atoms with E-state index < -0.39 is 36.4 Å². The maximum absolute atomic E-state index is 12.4. The Morgan fingerprint density at radius 2 is 1.82 bits per heavy atom. The molecule has 0 saturated heterocycles. The Balaban J connectivity index is 1.97. The quantitative estimate of drug-likeness (QED) is 0.598. The molecule has 2 aromatic rings. The highest BCUT2D eigenvalue weighted by atomic mass is 16.5. The minimum absolute atomic E-state index is 0.0432. The van der Waals surface area contributed by atoms with Gasteiger partial charge in [-0.3, -0.25) is 14.4 Å². The number of hydrogen-bond acceptors (Lipinski definition) is 7. The molecule has 2 amide bonds. The molecule has 0 aliphatic carbocycles. The van der Waals surface area contributed by atoms with Gasteiger partial charge in [0.2, 0.25) is 0 Å². The summed E-state index contributed by atoms with van der Waals surface area (Å²) < 4.78 is 14.4. The number of amides is 2. The molecule has 0 spiro atoms. The van der Waals surface area contributed by atoms with Crippen molar-refractivity contribution < 1.29 is 33.1 Å². The summed E-state index contributed by atoms with van der Waals surface area (Å²) in [7, 11) is 1.18. The smallest absolute Gasteiger partial charge is 0.329 e. The standard InChI is InChI=1S/C19H20N2O7/c1-26-17(23)11-20-16(22)12-28-19(25)14(10-13-6-3-2-4-7-13)21-18(24)15-8-5-9-27-15/h2-9,14H,10-12H2,1H3,(H,20,22)(H,21,24)/t14-/m1/s1. The zero-order valence-electron chi connectivity index (χ0n) is 15.2. The predicted octanol–water partition coefficient (Wildman–Crippen LogP) is 0.453. The molecule has 0 saturated carbocycles. The highest BCUT2D eigenvalue weighted by Gasteiger charge is 2.25. The second-order valence-electron chi connectivity index (χ2n) is 5.65. The number of furan rings is 1. The Hall–Kier alpha value is -3.62. The van der Waals surface area contributed by atoms with Crippen molar-refractivity contribution in [1.82, 2.24) is 10.6 Å². The molecule has 9 nitrogen and oxygen atoms in total. The van der Waals surface area contributed by atoms with Crippen molar-refractivity contribution in [2.75, 3.05) is 20.3 Å². The fraction of sp³-hybridized carbons (Fsp3) is 0.263. The van der Waals surface area contributed by atoms with Gasteiger partial charge in [-0.2, -0.15) is 0 Å². The SMILES string of the molecule is COC(=O)CNC(=O)COC(=O)[C@@H](Cc1ccccc1)NC(=O)c1ccco1. The van der Waals surface area contributed by atoms with Gasteiger partial charge in [0, 0.05) is 6.42 Å². The van der Waals surface area contributed by atoms with Crippen LogP contribution in [0.2, 0.25) is 0 Å². The molecule has 0 radical (unpaired) electrons.